The van der Waals surface area contributed by atoms with Gasteiger partial charge in [0, 0.05) is 4.70 Å². The van der Waals surface area contributed by atoms with E-state index >= 15 is 0 Å². The summed E-state index contributed by atoms with van der Waals surface area (Å²) < 4.78 is 1.18. The first-order chi connectivity index (χ1) is 7.82. The summed E-state index contributed by atoms with van der Waals surface area (Å²) in [4.78, 5) is 12.4. The van der Waals surface area contributed by atoms with E-state index in [0.717, 1.165) is 4.88 Å². The molecule has 0 spiro atoms. The van der Waals surface area contributed by atoms with Gasteiger partial charge in [-0.15, -0.1) is 11.3 Å². The second-order valence-electron chi connectivity index (χ2n) is 5.37. The van der Waals surface area contributed by atoms with E-state index in [1.807, 2.05) is 6.07 Å². The van der Waals surface area contributed by atoms with Gasteiger partial charge >= 0.3 is 0 Å². The molecule has 0 saturated carbocycles. The Morgan fingerprint density at radius 3 is 2.47 bits per heavy atom. The van der Waals surface area contributed by atoms with Gasteiger partial charge in [-0.05, 0) is 29.1 Å². The fourth-order valence-corrected chi connectivity index (χ4v) is 6.29. The molecule has 0 unspecified atom stereocenters. The Kier molecular flexibility index (Phi) is 2.87. The molecule has 0 aliphatic rings. The molecule has 1 aromatic carbocycles. The van der Waals surface area contributed by atoms with Gasteiger partial charge in [0.15, 0.2) is 0 Å². The average Bonchev–Trinajstić information content (AvgIpc) is 2.57. The van der Waals surface area contributed by atoms with Crippen molar-refractivity contribution < 1.29 is 4.79 Å². The second kappa shape index (κ2) is 3.96. The lowest BCUT2D eigenvalue weighted by molar-refractivity contribution is 0.100. The Balaban J connectivity index is 2.93. The summed E-state index contributed by atoms with van der Waals surface area (Å²) in [7, 11) is -1.57. The van der Waals surface area contributed by atoms with Crippen LogP contribution in [0, 0.1) is 6.92 Å². The molecule has 2 aromatic rings. The van der Waals surface area contributed by atoms with E-state index in [9.17, 15) is 4.79 Å². The third kappa shape index (κ3) is 2.02. The fraction of sp³-hybridized carbons (Fsp3) is 0.308. The summed E-state index contributed by atoms with van der Waals surface area (Å²) in [6.07, 6.45) is 0. The number of aryl methyl sites for hydroxylation is 1. The van der Waals surface area contributed by atoms with Crippen LogP contribution in [0.5, 0.6) is 0 Å². The van der Waals surface area contributed by atoms with Crippen LogP contribution in [0.2, 0.25) is 19.6 Å². The Bertz CT molecular complexity index is 595. The van der Waals surface area contributed by atoms with Crippen molar-refractivity contribution in [3.05, 3.63) is 28.6 Å². The minimum atomic E-state index is -1.57. The standard InChI is InChI=1S/C13H17NOSSi/c1-8-6-5-7-9-10(8)12(17(2,3)4)11(16-9)13(14)15/h5-7H,1-4H3,(H2,14,15). The molecule has 1 amide bonds. The summed E-state index contributed by atoms with van der Waals surface area (Å²) in [6, 6.07) is 6.21. The number of nitrogens with two attached hydrogens (primary N) is 1. The predicted octanol–water partition coefficient (Wildman–Crippen LogP) is 2.85. The fourth-order valence-electron chi connectivity index (χ4n) is 2.21. The predicted molar refractivity (Wildman–Crippen MR) is 78.1 cm³/mol. The maximum absolute atomic E-state index is 11.6. The number of fused-ring (bicyclic) bond motifs is 1. The Morgan fingerprint density at radius 2 is 1.94 bits per heavy atom. The van der Waals surface area contributed by atoms with Gasteiger partial charge in [0.05, 0.1) is 13.0 Å². The lowest BCUT2D eigenvalue weighted by Gasteiger charge is -2.18. The first-order valence-corrected chi connectivity index (χ1v) is 9.96. The van der Waals surface area contributed by atoms with E-state index in [1.54, 1.807) is 0 Å². The number of amides is 1. The molecule has 0 fully saturated rings. The number of thiophene rings is 1. The highest BCUT2D eigenvalue weighted by molar-refractivity contribution is 7.23. The number of primary amides is 1. The van der Waals surface area contributed by atoms with Gasteiger partial charge in [0.2, 0.25) is 0 Å². The largest absolute Gasteiger partial charge is 0.365 e. The number of carbonyl (C=O) groups is 1. The second-order valence-corrected chi connectivity index (χ2v) is 11.4. The highest BCUT2D eigenvalue weighted by atomic mass is 32.1. The summed E-state index contributed by atoms with van der Waals surface area (Å²) >= 11 is 1.53. The minimum Gasteiger partial charge on any atom is -0.365 e. The Hall–Kier alpha value is -1.13. The summed E-state index contributed by atoms with van der Waals surface area (Å²) in [5.41, 5.74) is 6.76. The molecule has 2 nitrogen and oxygen atoms in total. The van der Waals surface area contributed by atoms with Gasteiger partial charge < -0.3 is 5.73 Å². The van der Waals surface area contributed by atoms with E-state index in [-0.39, 0.29) is 5.91 Å². The van der Waals surface area contributed by atoms with Crippen LogP contribution in [0.15, 0.2) is 18.2 Å². The topological polar surface area (TPSA) is 43.1 Å². The highest BCUT2D eigenvalue weighted by Crippen LogP contribution is 2.28. The van der Waals surface area contributed by atoms with E-state index < -0.39 is 8.07 Å². The van der Waals surface area contributed by atoms with Crippen molar-refractivity contribution in [2.45, 2.75) is 26.6 Å². The third-order valence-electron chi connectivity index (χ3n) is 2.90. The van der Waals surface area contributed by atoms with Gasteiger partial charge in [-0.2, -0.15) is 0 Å². The molecule has 0 atom stereocenters. The van der Waals surface area contributed by atoms with E-state index in [0.29, 0.717) is 0 Å². The zero-order chi connectivity index (χ0) is 12.8. The molecule has 90 valence electrons. The van der Waals surface area contributed by atoms with Crippen LogP contribution >= 0.6 is 11.3 Å². The minimum absolute atomic E-state index is 0.289. The molecule has 2 N–H and O–H groups in total. The number of hydrogen-bond acceptors (Lipinski definition) is 2. The lowest BCUT2D eigenvalue weighted by Crippen LogP contribution is -2.41. The summed E-state index contributed by atoms with van der Waals surface area (Å²) in [5, 5.41) is 2.48. The van der Waals surface area contributed by atoms with Crippen molar-refractivity contribution >= 4 is 40.6 Å². The molecule has 0 bridgehead atoms. The van der Waals surface area contributed by atoms with Gasteiger partial charge in [-0.3, -0.25) is 4.79 Å². The third-order valence-corrected chi connectivity index (χ3v) is 6.25. The normalized spacial score (nSPS) is 12.0. The van der Waals surface area contributed by atoms with Crippen LogP contribution in [-0.2, 0) is 0 Å². The van der Waals surface area contributed by atoms with Crippen molar-refractivity contribution in [1.29, 1.82) is 0 Å². The van der Waals surface area contributed by atoms with Crippen LogP contribution in [0.4, 0.5) is 0 Å². The molecule has 0 radical (unpaired) electrons. The number of benzene rings is 1. The quantitative estimate of drug-likeness (QED) is 0.832. The van der Waals surface area contributed by atoms with Gasteiger partial charge in [0.25, 0.3) is 5.91 Å². The zero-order valence-corrected chi connectivity index (χ0v) is 12.4. The molecule has 4 heteroatoms. The van der Waals surface area contributed by atoms with E-state index in [2.05, 4.69) is 38.7 Å². The monoisotopic (exact) mass is 263 g/mol. The van der Waals surface area contributed by atoms with Crippen molar-refractivity contribution in [2.24, 2.45) is 5.73 Å². The SMILES string of the molecule is Cc1cccc2sc(C(N)=O)c([Si](C)(C)C)c12. The molecule has 1 heterocycles. The lowest BCUT2D eigenvalue weighted by atomic mass is 10.1. The Labute approximate surface area is 106 Å². The van der Waals surface area contributed by atoms with Crippen molar-refractivity contribution in [3.8, 4) is 0 Å². The molecule has 1 aromatic heterocycles. The highest BCUT2D eigenvalue weighted by Gasteiger charge is 2.28. The van der Waals surface area contributed by atoms with Crippen molar-refractivity contribution in [3.63, 3.8) is 0 Å². The van der Waals surface area contributed by atoms with Crippen LogP contribution < -0.4 is 10.9 Å². The van der Waals surface area contributed by atoms with Gasteiger partial charge in [-0.1, -0.05) is 31.8 Å². The van der Waals surface area contributed by atoms with Crippen molar-refractivity contribution in [2.75, 3.05) is 0 Å². The molecular formula is C13H17NOSSi. The van der Waals surface area contributed by atoms with Crippen LogP contribution in [0.3, 0.4) is 0 Å². The molecule has 17 heavy (non-hydrogen) atoms. The number of carbonyl (C=O) groups excluding carboxylic acids is 1. The smallest absolute Gasteiger partial charge is 0.258 e. The Morgan fingerprint density at radius 1 is 1.29 bits per heavy atom. The maximum atomic E-state index is 11.6. The summed E-state index contributed by atoms with van der Waals surface area (Å²) in [5.74, 6) is -0.289. The van der Waals surface area contributed by atoms with E-state index in [4.69, 9.17) is 5.73 Å². The molecule has 0 aliphatic carbocycles. The first kappa shape index (κ1) is 12.3. The van der Waals surface area contributed by atoms with Crippen LogP contribution in [0.1, 0.15) is 15.2 Å². The van der Waals surface area contributed by atoms with Crippen LogP contribution in [-0.4, -0.2) is 14.0 Å². The first-order valence-electron chi connectivity index (χ1n) is 5.65. The van der Waals surface area contributed by atoms with Crippen molar-refractivity contribution in [1.82, 2.24) is 0 Å². The summed E-state index contributed by atoms with van der Waals surface area (Å²) in [6.45, 7) is 8.87. The average molecular weight is 263 g/mol. The van der Waals surface area contributed by atoms with Gasteiger partial charge in [-0.25, -0.2) is 0 Å². The molecule has 2 rings (SSSR count). The number of rotatable bonds is 2. The molecular weight excluding hydrogens is 246 g/mol. The zero-order valence-electron chi connectivity index (χ0n) is 10.6. The van der Waals surface area contributed by atoms with Crippen LogP contribution in [0.25, 0.3) is 10.1 Å². The van der Waals surface area contributed by atoms with E-state index in [1.165, 1.54) is 32.2 Å². The number of hydrogen-bond donors (Lipinski definition) is 1. The maximum Gasteiger partial charge on any atom is 0.258 e. The molecule has 0 aliphatic heterocycles. The van der Waals surface area contributed by atoms with Gasteiger partial charge in [0.1, 0.15) is 0 Å². The molecule has 0 saturated heterocycles.